The van der Waals surface area contributed by atoms with Gasteiger partial charge < -0.3 is 5.32 Å². The number of hydrogen-bond donors (Lipinski definition) is 1. The molecule has 0 radical (unpaired) electrons. The third-order valence-electron chi connectivity index (χ3n) is 1.76. The maximum atomic E-state index is 8.78. The number of anilines is 1. The van der Waals surface area contributed by atoms with E-state index < -0.39 is 0 Å². The molecule has 0 aromatic carbocycles. The van der Waals surface area contributed by atoms with E-state index in [2.05, 4.69) is 15.8 Å². The first-order chi connectivity index (χ1) is 7.29. The maximum Gasteiger partial charge on any atom is 0.162 e. The molecule has 0 aliphatic heterocycles. The molecule has 78 valence electrons. The van der Waals surface area contributed by atoms with Gasteiger partial charge in [-0.05, 0) is 24.4 Å². The summed E-state index contributed by atoms with van der Waals surface area (Å²) in [5.74, 6) is 0. The maximum absolute atomic E-state index is 8.78. The quantitative estimate of drug-likeness (QED) is 0.804. The van der Waals surface area contributed by atoms with Gasteiger partial charge in [0.15, 0.2) is 5.15 Å². The van der Waals surface area contributed by atoms with Gasteiger partial charge in [-0.1, -0.05) is 11.6 Å². The van der Waals surface area contributed by atoms with Crippen molar-refractivity contribution < 1.29 is 0 Å². The highest BCUT2D eigenvalue weighted by atomic mass is 35.5. The summed E-state index contributed by atoms with van der Waals surface area (Å²) in [5.41, 5.74) is 0.405. The van der Waals surface area contributed by atoms with Crippen molar-refractivity contribution >= 4 is 28.1 Å². The molecule has 0 fully saturated rings. The van der Waals surface area contributed by atoms with Gasteiger partial charge in [-0.2, -0.15) is 14.9 Å². The van der Waals surface area contributed by atoms with Gasteiger partial charge in [0.2, 0.25) is 0 Å². The molecule has 0 aliphatic carbocycles. The summed E-state index contributed by atoms with van der Waals surface area (Å²) in [6.45, 7) is 0.731. The van der Waals surface area contributed by atoms with E-state index in [9.17, 15) is 0 Å². The van der Waals surface area contributed by atoms with Crippen molar-refractivity contribution in [3.63, 3.8) is 0 Å². The van der Waals surface area contributed by atoms with Gasteiger partial charge in [0.25, 0.3) is 0 Å². The van der Waals surface area contributed by atoms with Gasteiger partial charge in [-0.3, -0.25) is 0 Å². The fourth-order valence-corrected chi connectivity index (χ4v) is 1.98. The predicted molar refractivity (Wildman–Crippen MR) is 59.8 cm³/mol. The van der Waals surface area contributed by atoms with Crippen LogP contribution in [0.5, 0.6) is 0 Å². The third-order valence-corrected chi connectivity index (χ3v) is 2.94. The minimum absolute atomic E-state index is 0.252. The number of aromatic nitrogens is 1. The number of hydrogen-bond acceptors (Lipinski definition) is 5. The van der Waals surface area contributed by atoms with E-state index in [4.69, 9.17) is 22.1 Å². The molecule has 0 spiro atoms. The van der Waals surface area contributed by atoms with Crippen LogP contribution in [-0.4, -0.2) is 10.9 Å². The van der Waals surface area contributed by atoms with Crippen LogP contribution in [0.1, 0.15) is 24.8 Å². The zero-order valence-electron chi connectivity index (χ0n) is 7.96. The van der Waals surface area contributed by atoms with E-state index in [1.54, 1.807) is 0 Å². The van der Waals surface area contributed by atoms with Crippen LogP contribution in [-0.2, 0) is 0 Å². The van der Waals surface area contributed by atoms with E-state index in [-0.39, 0.29) is 5.15 Å². The van der Waals surface area contributed by atoms with E-state index in [1.807, 2.05) is 6.07 Å². The number of halogens is 1. The highest BCUT2D eigenvalue weighted by Crippen LogP contribution is 2.27. The van der Waals surface area contributed by atoms with Crippen molar-refractivity contribution in [1.29, 1.82) is 10.5 Å². The van der Waals surface area contributed by atoms with Crippen LogP contribution in [0.25, 0.3) is 0 Å². The number of rotatable bonds is 5. The molecule has 1 rings (SSSR count). The Kier molecular flexibility index (Phi) is 4.89. The normalized spacial score (nSPS) is 9.27. The molecule has 0 unspecified atom stereocenters. The fraction of sp³-hybridized carbons (Fsp3) is 0.444. The number of nitriles is 2. The summed E-state index contributed by atoms with van der Waals surface area (Å²) in [5, 5.41) is 21.2. The third kappa shape index (κ3) is 3.39. The standard InChI is InChI=1S/C9H9ClN4S/c10-8-7(6-12)9(15-14-8)13-5-3-1-2-4-11/h13H,1-3,5H2. The second-order valence-corrected chi connectivity index (χ2v) is 3.96. The Labute approximate surface area is 97.3 Å². The van der Waals surface area contributed by atoms with Crippen LogP contribution in [0.2, 0.25) is 5.15 Å². The van der Waals surface area contributed by atoms with Gasteiger partial charge >= 0.3 is 0 Å². The topological polar surface area (TPSA) is 72.5 Å². The van der Waals surface area contributed by atoms with Crippen LogP contribution in [0.3, 0.4) is 0 Å². The molecule has 1 aromatic heterocycles. The van der Waals surface area contributed by atoms with Crippen molar-refractivity contribution in [2.45, 2.75) is 19.3 Å². The molecule has 0 bridgehead atoms. The molecule has 0 atom stereocenters. The molecule has 0 aliphatic rings. The first kappa shape index (κ1) is 11.8. The summed E-state index contributed by atoms with van der Waals surface area (Å²) >= 11 is 6.89. The summed E-state index contributed by atoms with van der Waals surface area (Å²) in [6, 6.07) is 4.08. The molecular weight excluding hydrogens is 232 g/mol. The van der Waals surface area contributed by atoms with Gasteiger partial charge in [0.05, 0.1) is 6.07 Å². The largest absolute Gasteiger partial charge is 0.375 e. The number of nitrogens with one attached hydrogen (secondary N) is 1. The Morgan fingerprint density at radius 3 is 2.87 bits per heavy atom. The molecule has 6 heteroatoms. The molecule has 0 saturated heterocycles. The first-order valence-electron chi connectivity index (χ1n) is 4.45. The lowest BCUT2D eigenvalue weighted by Gasteiger charge is -2.01. The van der Waals surface area contributed by atoms with Gasteiger partial charge in [0, 0.05) is 13.0 Å². The Morgan fingerprint density at radius 1 is 1.40 bits per heavy atom. The lowest BCUT2D eigenvalue weighted by molar-refractivity contribution is 0.785. The molecular formula is C9H9ClN4S. The molecule has 0 amide bonds. The minimum atomic E-state index is 0.252. The number of unbranched alkanes of at least 4 members (excludes halogenated alkanes) is 2. The van der Waals surface area contributed by atoms with Crippen LogP contribution in [0.4, 0.5) is 5.00 Å². The van der Waals surface area contributed by atoms with Gasteiger partial charge in [-0.15, -0.1) is 0 Å². The Balaban J connectivity index is 2.39. The van der Waals surface area contributed by atoms with Crippen LogP contribution in [0, 0.1) is 22.7 Å². The molecule has 4 nitrogen and oxygen atoms in total. The first-order valence-corrected chi connectivity index (χ1v) is 5.60. The predicted octanol–water partition coefficient (Wildman–Crippen LogP) is 2.77. The monoisotopic (exact) mass is 240 g/mol. The highest BCUT2D eigenvalue weighted by Gasteiger charge is 2.10. The second-order valence-electron chi connectivity index (χ2n) is 2.83. The lowest BCUT2D eigenvalue weighted by atomic mass is 10.2. The Morgan fingerprint density at radius 2 is 2.20 bits per heavy atom. The van der Waals surface area contributed by atoms with Gasteiger partial charge in [0.1, 0.15) is 16.6 Å². The Hall–Kier alpha value is -1.30. The fourth-order valence-electron chi connectivity index (χ4n) is 1.02. The van der Waals surface area contributed by atoms with Crippen molar-refractivity contribution in [2.24, 2.45) is 0 Å². The van der Waals surface area contributed by atoms with Crippen molar-refractivity contribution in [3.05, 3.63) is 10.7 Å². The van der Waals surface area contributed by atoms with E-state index in [1.165, 1.54) is 11.5 Å². The summed E-state index contributed by atoms with van der Waals surface area (Å²) in [6.07, 6.45) is 2.32. The minimum Gasteiger partial charge on any atom is -0.375 e. The Bertz CT molecular complexity index is 401. The molecule has 1 N–H and O–H groups in total. The summed E-state index contributed by atoms with van der Waals surface area (Å²) < 4.78 is 3.87. The van der Waals surface area contributed by atoms with Crippen molar-refractivity contribution in [2.75, 3.05) is 11.9 Å². The van der Waals surface area contributed by atoms with Crippen LogP contribution in [0.15, 0.2) is 0 Å². The van der Waals surface area contributed by atoms with Crippen molar-refractivity contribution in [3.8, 4) is 12.1 Å². The summed E-state index contributed by atoms with van der Waals surface area (Å²) in [4.78, 5) is 0. The summed E-state index contributed by atoms with van der Waals surface area (Å²) in [7, 11) is 0. The van der Waals surface area contributed by atoms with Gasteiger partial charge in [-0.25, -0.2) is 0 Å². The SMILES string of the molecule is N#CCCCCNc1snc(Cl)c1C#N. The smallest absolute Gasteiger partial charge is 0.162 e. The zero-order chi connectivity index (χ0) is 11.1. The zero-order valence-corrected chi connectivity index (χ0v) is 9.53. The molecule has 1 heterocycles. The number of nitrogens with zero attached hydrogens (tertiary/aromatic N) is 3. The highest BCUT2D eigenvalue weighted by molar-refractivity contribution is 7.10. The van der Waals surface area contributed by atoms with E-state index >= 15 is 0 Å². The average Bonchev–Trinajstić information content (AvgIpc) is 2.59. The van der Waals surface area contributed by atoms with Crippen molar-refractivity contribution in [1.82, 2.24) is 4.37 Å². The molecule has 15 heavy (non-hydrogen) atoms. The average molecular weight is 241 g/mol. The molecule has 0 saturated carbocycles. The van der Waals surface area contributed by atoms with Crippen LogP contribution >= 0.6 is 23.1 Å². The van der Waals surface area contributed by atoms with E-state index in [0.29, 0.717) is 17.0 Å². The van der Waals surface area contributed by atoms with Crippen LogP contribution < -0.4 is 5.32 Å². The van der Waals surface area contributed by atoms with E-state index in [0.717, 1.165) is 19.4 Å². The molecule has 1 aromatic rings. The lowest BCUT2D eigenvalue weighted by Crippen LogP contribution is -2.00. The second kappa shape index (κ2) is 6.23.